The van der Waals surface area contributed by atoms with E-state index in [0.29, 0.717) is 5.89 Å². The second-order valence-electron chi connectivity index (χ2n) is 4.66. The average Bonchev–Trinajstić information content (AvgIpc) is 2.92. The Labute approximate surface area is 129 Å². The molecule has 0 fully saturated rings. The molecule has 0 aliphatic carbocycles. The van der Waals surface area contributed by atoms with Gasteiger partial charge in [-0.1, -0.05) is 36.4 Å². The fourth-order valence-electron chi connectivity index (χ4n) is 2.41. The van der Waals surface area contributed by atoms with E-state index in [-0.39, 0.29) is 0 Å². The van der Waals surface area contributed by atoms with Crippen LogP contribution in [-0.2, 0) is 0 Å². The number of hydrogen-bond donors (Lipinski definition) is 0. The molecule has 0 aliphatic rings. The minimum absolute atomic E-state index is 0.676. The molecule has 3 aromatic carbocycles. The molecule has 4 aromatic rings. The molecule has 0 saturated carbocycles. The fourth-order valence-corrected chi connectivity index (χ4v) is 2.95. The highest BCUT2D eigenvalue weighted by Gasteiger charge is 2.10. The zero-order valence-electron chi connectivity index (χ0n) is 10.5. The summed E-state index contributed by atoms with van der Waals surface area (Å²) in [7, 11) is 0. The maximum Gasteiger partial charge on any atom is 0.227 e. The Balaban J connectivity index is 2.01. The molecule has 0 spiro atoms. The number of oxazole rings is 1. The summed E-state index contributed by atoms with van der Waals surface area (Å²) in [4.78, 5) is 4.68. The number of rotatable bonds is 1. The van der Waals surface area contributed by atoms with Gasteiger partial charge in [0.1, 0.15) is 5.52 Å². The Morgan fingerprint density at radius 3 is 2.70 bits per heavy atom. The summed E-state index contributed by atoms with van der Waals surface area (Å²) in [5, 5.41) is 2.31. The lowest BCUT2D eigenvalue weighted by Crippen LogP contribution is -1.78. The van der Waals surface area contributed by atoms with Crippen LogP contribution in [0.5, 0.6) is 0 Å². The van der Waals surface area contributed by atoms with Crippen molar-refractivity contribution in [3.8, 4) is 11.5 Å². The van der Waals surface area contributed by atoms with Gasteiger partial charge in [0.15, 0.2) is 5.58 Å². The molecule has 0 N–H and O–H groups in total. The van der Waals surface area contributed by atoms with E-state index in [2.05, 4.69) is 57.9 Å². The average molecular weight is 371 g/mol. The third-order valence-electron chi connectivity index (χ3n) is 3.36. The molecule has 1 heterocycles. The topological polar surface area (TPSA) is 26.0 Å². The SMILES string of the molecule is Ic1cccc(-c2nc3c(ccc4ccccc43)o2)c1. The van der Waals surface area contributed by atoms with Gasteiger partial charge in [0.05, 0.1) is 0 Å². The number of hydrogen-bond acceptors (Lipinski definition) is 2. The lowest BCUT2D eigenvalue weighted by molar-refractivity contribution is 0.620. The maximum atomic E-state index is 5.90. The molecule has 0 saturated heterocycles. The first kappa shape index (κ1) is 11.9. The highest BCUT2D eigenvalue weighted by atomic mass is 127. The Hall–Kier alpha value is -1.88. The minimum Gasteiger partial charge on any atom is -0.436 e. The molecule has 4 rings (SSSR count). The van der Waals surface area contributed by atoms with Crippen LogP contribution >= 0.6 is 22.6 Å². The Morgan fingerprint density at radius 2 is 1.80 bits per heavy atom. The Kier molecular flexibility index (Phi) is 2.73. The van der Waals surface area contributed by atoms with Gasteiger partial charge < -0.3 is 4.42 Å². The van der Waals surface area contributed by atoms with Crippen LogP contribution in [0.2, 0.25) is 0 Å². The van der Waals surface area contributed by atoms with Gasteiger partial charge in [-0.2, -0.15) is 0 Å². The zero-order valence-corrected chi connectivity index (χ0v) is 12.7. The molecular weight excluding hydrogens is 361 g/mol. The molecule has 0 unspecified atom stereocenters. The predicted octanol–water partition coefficient (Wildman–Crippen LogP) is 5.25. The van der Waals surface area contributed by atoms with Crippen molar-refractivity contribution in [2.24, 2.45) is 0 Å². The van der Waals surface area contributed by atoms with E-state index in [1.54, 1.807) is 0 Å². The standard InChI is InChI=1S/C17H10INO/c18-13-6-3-5-12(10-13)17-19-16-14-7-2-1-4-11(14)8-9-15(16)20-17/h1-10H. The number of benzene rings is 3. The summed E-state index contributed by atoms with van der Waals surface area (Å²) in [6, 6.07) is 20.5. The van der Waals surface area contributed by atoms with Gasteiger partial charge in [-0.15, -0.1) is 0 Å². The lowest BCUT2D eigenvalue weighted by atomic mass is 10.1. The quantitative estimate of drug-likeness (QED) is 0.427. The second kappa shape index (κ2) is 4.59. The van der Waals surface area contributed by atoms with Crippen LogP contribution in [0.15, 0.2) is 65.1 Å². The lowest BCUT2D eigenvalue weighted by Gasteiger charge is -1.95. The van der Waals surface area contributed by atoms with Gasteiger partial charge in [-0.3, -0.25) is 0 Å². The smallest absolute Gasteiger partial charge is 0.227 e. The maximum absolute atomic E-state index is 5.90. The van der Waals surface area contributed by atoms with E-state index in [9.17, 15) is 0 Å². The van der Waals surface area contributed by atoms with Crippen molar-refractivity contribution in [1.29, 1.82) is 0 Å². The van der Waals surface area contributed by atoms with Crippen LogP contribution in [0, 0.1) is 3.57 Å². The minimum atomic E-state index is 0.676. The normalized spacial score (nSPS) is 11.2. The van der Waals surface area contributed by atoms with Gasteiger partial charge in [-0.25, -0.2) is 4.98 Å². The summed E-state index contributed by atoms with van der Waals surface area (Å²) in [6.07, 6.45) is 0. The molecule has 96 valence electrons. The molecule has 0 aliphatic heterocycles. The Bertz CT molecular complexity index is 926. The highest BCUT2D eigenvalue weighted by Crippen LogP contribution is 2.29. The summed E-state index contributed by atoms with van der Waals surface area (Å²) in [6.45, 7) is 0. The van der Waals surface area contributed by atoms with Crippen LogP contribution in [-0.4, -0.2) is 4.98 Å². The van der Waals surface area contributed by atoms with Crippen molar-refractivity contribution in [3.05, 3.63) is 64.2 Å². The summed E-state index contributed by atoms with van der Waals surface area (Å²) in [5.41, 5.74) is 2.77. The van der Waals surface area contributed by atoms with E-state index in [4.69, 9.17) is 4.42 Å². The van der Waals surface area contributed by atoms with Gasteiger partial charge in [0.25, 0.3) is 0 Å². The van der Waals surface area contributed by atoms with Crippen molar-refractivity contribution >= 4 is 44.5 Å². The van der Waals surface area contributed by atoms with E-state index in [0.717, 1.165) is 22.0 Å². The van der Waals surface area contributed by atoms with Crippen LogP contribution in [0.3, 0.4) is 0 Å². The molecule has 20 heavy (non-hydrogen) atoms. The number of nitrogens with zero attached hydrogens (tertiary/aromatic N) is 1. The monoisotopic (exact) mass is 371 g/mol. The number of fused-ring (bicyclic) bond motifs is 3. The zero-order chi connectivity index (χ0) is 13.5. The number of aromatic nitrogens is 1. The summed E-state index contributed by atoms with van der Waals surface area (Å²) in [5.74, 6) is 0.676. The molecule has 0 radical (unpaired) electrons. The third kappa shape index (κ3) is 1.89. The predicted molar refractivity (Wildman–Crippen MR) is 89.7 cm³/mol. The first-order chi connectivity index (χ1) is 9.81. The number of halogens is 1. The van der Waals surface area contributed by atoms with Gasteiger partial charge in [0.2, 0.25) is 5.89 Å². The van der Waals surface area contributed by atoms with Crippen molar-refractivity contribution in [3.63, 3.8) is 0 Å². The van der Waals surface area contributed by atoms with Crippen molar-refractivity contribution in [2.45, 2.75) is 0 Å². The largest absolute Gasteiger partial charge is 0.436 e. The Morgan fingerprint density at radius 1 is 0.900 bits per heavy atom. The van der Waals surface area contributed by atoms with Crippen molar-refractivity contribution < 1.29 is 4.42 Å². The van der Waals surface area contributed by atoms with E-state index >= 15 is 0 Å². The van der Waals surface area contributed by atoms with Crippen molar-refractivity contribution in [1.82, 2.24) is 4.98 Å². The van der Waals surface area contributed by atoms with Gasteiger partial charge in [-0.05, 0) is 52.2 Å². The molecule has 2 nitrogen and oxygen atoms in total. The third-order valence-corrected chi connectivity index (χ3v) is 4.03. The fraction of sp³-hybridized carbons (Fsp3) is 0. The van der Waals surface area contributed by atoms with Crippen LogP contribution in [0.25, 0.3) is 33.3 Å². The van der Waals surface area contributed by atoms with E-state index in [1.165, 1.54) is 8.96 Å². The first-order valence-corrected chi connectivity index (χ1v) is 7.43. The second-order valence-corrected chi connectivity index (χ2v) is 5.91. The first-order valence-electron chi connectivity index (χ1n) is 6.35. The van der Waals surface area contributed by atoms with Crippen molar-refractivity contribution in [2.75, 3.05) is 0 Å². The molecule has 1 aromatic heterocycles. The van der Waals surface area contributed by atoms with Crippen LogP contribution in [0.4, 0.5) is 0 Å². The molecule has 0 bridgehead atoms. The van der Waals surface area contributed by atoms with Crippen LogP contribution in [0.1, 0.15) is 0 Å². The van der Waals surface area contributed by atoms with E-state index in [1.807, 2.05) is 30.3 Å². The van der Waals surface area contributed by atoms with Gasteiger partial charge >= 0.3 is 0 Å². The summed E-state index contributed by atoms with van der Waals surface area (Å²) >= 11 is 2.30. The highest BCUT2D eigenvalue weighted by molar-refractivity contribution is 14.1. The molecule has 0 atom stereocenters. The molecule has 3 heteroatoms. The molecular formula is C17H10INO. The van der Waals surface area contributed by atoms with E-state index < -0.39 is 0 Å². The molecule has 0 amide bonds. The van der Waals surface area contributed by atoms with Gasteiger partial charge in [0, 0.05) is 14.5 Å². The summed E-state index contributed by atoms with van der Waals surface area (Å²) < 4.78 is 7.08. The van der Waals surface area contributed by atoms with Crippen LogP contribution < -0.4 is 0 Å².